The van der Waals surface area contributed by atoms with Gasteiger partial charge in [-0.2, -0.15) is 0 Å². The van der Waals surface area contributed by atoms with Gasteiger partial charge in [0, 0.05) is 60.4 Å². The lowest BCUT2D eigenvalue weighted by molar-refractivity contribution is -0.120. The highest BCUT2D eigenvalue weighted by Gasteiger charge is 2.35. The highest BCUT2D eigenvalue weighted by molar-refractivity contribution is 6.02. The van der Waals surface area contributed by atoms with Crippen LogP contribution in [0.3, 0.4) is 0 Å². The molecule has 2 aromatic heterocycles. The van der Waals surface area contributed by atoms with Crippen LogP contribution in [0.1, 0.15) is 57.5 Å². The van der Waals surface area contributed by atoms with Crippen LogP contribution >= 0.6 is 0 Å². The van der Waals surface area contributed by atoms with Gasteiger partial charge in [0.05, 0.1) is 0 Å². The molecular weight excluding hydrogens is 580 g/mol. The lowest BCUT2D eigenvalue weighted by Gasteiger charge is -2.24. The first-order chi connectivity index (χ1) is 22.5. The molecule has 2 aromatic carbocycles. The third-order valence-electron chi connectivity index (χ3n) is 8.31. The summed E-state index contributed by atoms with van der Waals surface area (Å²) in [6, 6.07) is 20.6. The number of nitrogens with one attached hydrogen (secondary N) is 2. The third kappa shape index (κ3) is 7.02. The van der Waals surface area contributed by atoms with Gasteiger partial charge < -0.3 is 20.4 Å². The molecule has 2 atom stereocenters. The predicted molar refractivity (Wildman–Crippen MR) is 176 cm³/mol. The van der Waals surface area contributed by atoms with Crippen LogP contribution in [-0.4, -0.2) is 68.6 Å². The van der Waals surface area contributed by atoms with Gasteiger partial charge in [-0.15, -0.1) is 0 Å². The summed E-state index contributed by atoms with van der Waals surface area (Å²) in [5.74, 6) is -0.720. The minimum Gasteiger partial charge on any atom is -0.327 e. The van der Waals surface area contributed by atoms with Crippen molar-refractivity contribution in [2.45, 2.75) is 37.8 Å². The van der Waals surface area contributed by atoms with Crippen molar-refractivity contribution in [3.05, 3.63) is 120 Å². The number of carbonyl (C=O) groups excluding carboxylic acids is 4. The van der Waals surface area contributed by atoms with Crippen LogP contribution in [-0.2, 0) is 9.59 Å². The lowest BCUT2D eigenvalue weighted by atomic mass is 10.1. The summed E-state index contributed by atoms with van der Waals surface area (Å²) in [6.45, 7) is 1.09. The number of anilines is 2. The van der Waals surface area contributed by atoms with Gasteiger partial charge in [-0.25, -0.2) is 0 Å². The standard InChI is InChI=1S/C36H34N6O4/c43-33(31-3-1-23-41(31)35(45)27-15-19-37-20-16-27)39-29-11-7-25(8-12-29)5-6-26-9-13-30(14-10-26)40-34(44)32-4-2-24-42(32)36(46)28-17-21-38-22-18-28/h5-22,31-32H,1-4,23-24H2,(H,39,43)(H,40,44)/b6-5+/t31-,32-/m0/s1. The van der Waals surface area contributed by atoms with E-state index in [4.69, 9.17) is 0 Å². The van der Waals surface area contributed by atoms with E-state index in [1.165, 1.54) is 0 Å². The van der Waals surface area contributed by atoms with Crippen LogP contribution in [0.15, 0.2) is 97.6 Å². The number of aromatic nitrogens is 2. The Kier molecular flexibility index (Phi) is 9.24. The zero-order chi connectivity index (χ0) is 31.9. The van der Waals surface area contributed by atoms with Crippen molar-refractivity contribution < 1.29 is 19.2 Å². The molecule has 0 bridgehead atoms. The molecule has 0 spiro atoms. The molecule has 0 aliphatic carbocycles. The Morgan fingerprint density at radius 3 is 1.30 bits per heavy atom. The Morgan fingerprint density at radius 1 is 0.565 bits per heavy atom. The van der Waals surface area contributed by atoms with Gasteiger partial charge in [0.15, 0.2) is 0 Å². The van der Waals surface area contributed by atoms with Crippen LogP contribution in [0, 0.1) is 0 Å². The first kappa shape index (κ1) is 30.4. The summed E-state index contributed by atoms with van der Waals surface area (Å²) in [5.41, 5.74) is 4.27. The quantitative estimate of drug-likeness (QED) is 0.265. The highest BCUT2D eigenvalue weighted by Crippen LogP contribution is 2.24. The highest BCUT2D eigenvalue weighted by atomic mass is 16.2. The van der Waals surface area contributed by atoms with Crippen molar-refractivity contribution in [1.29, 1.82) is 0 Å². The van der Waals surface area contributed by atoms with Crippen molar-refractivity contribution in [3.8, 4) is 0 Å². The number of hydrogen-bond donors (Lipinski definition) is 2. The van der Waals surface area contributed by atoms with Crippen molar-refractivity contribution in [1.82, 2.24) is 19.8 Å². The second kappa shape index (κ2) is 14.0. The molecule has 4 aromatic rings. The number of pyridine rings is 2. The summed E-state index contributed by atoms with van der Waals surface area (Å²) < 4.78 is 0. The van der Waals surface area contributed by atoms with Crippen molar-refractivity contribution in [3.63, 3.8) is 0 Å². The lowest BCUT2D eigenvalue weighted by Crippen LogP contribution is -2.43. The van der Waals surface area contributed by atoms with E-state index in [1.54, 1.807) is 58.9 Å². The smallest absolute Gasteiger partial charge is 0.254 e. The van der Waals surface area contributed by atoms with Gasteiger partial charge in [-0.05, 0) is 85.3 Å². The largest absolute Gasteiger partial charge is 0.327 e. The third-order valence-corrected chi connectivity index (χ3v) is 8.31. The zero-order valence-corrected chi connectivity index (χ0v) is 25.2. The molecule has 10 heteroatoms. The predicted octanol–water partition coefficient (Wildman–Crippen LogP) is 5.13. The van der Waals surface area contributed by atoms with Crippen LogP contribution < -0.4 is 10.6 Å². The Bertz CT molecular complexity index is 1600. The number of rotatable bonds is 8. The van der Waals surface area contributed by atoms with E-state index < -0.39 is 12.1 Å². The average Bonchev–Trinajstić information content (AvgIpc) is 3.80. The van der Waals surface area contributed by atoms with Crippen molar-refractivity contribution >= 4 is 47.2 Å². The van der Waals surface area contributed by atoms with Gasteiger partial charge in [-0.3, -0.25) is 29.1 Å². The molecule has 232 valence electrons. The molecule has 6 rings (SSSR count). The van der Waals surface area contributed by atoms with Crippen LogP contribution in [0.25, 0.3) is 12.2 Å². The average molecular weight is 615 g/mol. The summed E-state index contributed by atoms with van der Waals surface area (Å²) in [7, 11) is 0. The fraction of sp³-hybridized carbons (Fsp3) is 0.222. The normalized spacial score (nSPS) is 17.7. The number of carbonyl (C=O) groups is 4. The molecule has 2 aliphatic rings. The maximum absolute atomic E-state index is 13.1. The minimum absolute atomic E-state index is 0.162. The molecule has 0 saturated carbocycles. The van der Waals surface area contributed by atoms with Crippen LogP contribution in [0.5, 0.6) is 0 Å². The summed E-state index contributed by atoms with van der Waals surface area (Å²) in [4.78, 5) is 63.1. The molecule has 46 heavy (non-hydrogen) atoms. The Morgan fingerprint density at radius 2 is 0.935 bits per heavy atom. The number of amides is 4. The summed E-state index contributed by atoms with van der Waals surface area (Å²) in [5, 5.41) is 5.90. The minimum atomic E-state index is -0.514. The Hall–Kier alpha value is -5.64. The number of benzene rings is 2. The Balaban J connectivity index is 1.01. The molecule has 2 N–H and O–H groups in total. The molecule has 2 fully saturated rings. The molecular formula is C36H34N6O4. The van der Waals surface area contributed by atoms with Gasteiger partial charge in [-0.1, -0.05) is 36.4 Å². The van der Waals surface area contributed by atoms with E-state index in [0.717, 1.165) is 24.0 Å². The monoisotopic (exact) mass is 614 g/mol. The molecule has 4 amide bonds. The van der Waals surface area contributed by atoms with Gasteiger partial charge in [0.25, 0.3) is 11.8 Å². The second-order valence-electron chi connectivity index (χ2n) is 11.3. The molecule has 4 heterocycles. The molecule has 0 unspecified atom stereocenters. The van der Waals surface area contributed by atoms with E-state index in [-0.39, 0.29) is 23.6 Å². The first-order valence-corrected chi connectivity index (χ1v) is 15.4. The van der Waals surface area contributed by atoms with E-state index in [1.807, 2.05) is 60.7 Å². The first-order valence-electron chi connectivity index (χ1n) is 15.4. The fourth-order valence-electron chi connectivity index (χ4n) is 5.88. The van der Waals surface area contributed by atoms with Gasteiger partial charge >= 0.3 is 0 Å². The van der Waals surface area contributed by atoms with Gasteiger partial charge in [0.1, 0.15) is 12.1 Å². The van der Waals surface area contributed by atoms with Crippen LogP contribution in [0.4, 0.5) is 11.4 Å². The SMILES string of the molecule is O=C(Nc1ccc(/C=C/c2ccc(NC(=O)[C@@H]3CCCN3C(=O)c3ccncc3)cc2)cc1)[C@@H]1CCCN1C(=O)c1ccncc1. The van der Waals surface area contributed by atoms with E-state index in [0.29, 0.717) is 48.4 Å². The van der Waals surface area contributed by atoms with E-state index in [2.05, 4.69) is 20.6 Å². The van der Waals surface area contributed by atoms with E-state index in [9.17, 15) is 19.2 Å². The molecule has 2 saturated heterocycles. The van der Waals surface area contributed by atoms with Crippen LogP contribution in [0.2, 0.25) is 0 Å². The maximum Gasteiger partial charge on any atom is 0.254 e. The number of hydrogen-bond acceptors (Lipinski definition) is 6. The zero-order valence-electron chi connectivity index (χ0n) is 25.2. The van der Waals surface area contributed by atoms with Gasteiger partial charge in [0.2, 0.25) is 11.8 Å². The van der Waals surface area contributed by atoms with Crippen molar-refractivity contribution in [2.75, 3.05) is 23.7 Å². The topological polar surface area (TPSA) is 125 Å². The number of nitrogens with zero attached hydrogens (tertiary/aromatic N) is 4. The molecule has 0 radical (unpaired) electrons. The summed E-state index contributed by atoms with van der Waals surface area (Å²) >= 11 is 0. The molecule has 10 nitrogen and oxygen atoms in total. The second-order valence-corrected chi connectivity index (χ2v) is 11.3. The van der Waals surface area contributed by atoms with Crippen molar-refractivity contribution in [2.24, 2.45) is 0 Å². The number of likely N-dealkylation sites (tertiary alicyclic amines) is 2. The maximum atomic E-state index is 13.1. The molecule has 2 aliphatic heterocycles. The Labute approximate surface area is 267 Å². The summed E-state index contributed by atoms with van der Waals surface area (Å²) in [6.07, 6.45) is 13.0. The fourth-order valence-corrected chi connectivity index (χ4v) is 5.88. The van der Waals surface area contributed by atoms with E-state index >= 15 is 0 Å².